The molecule has 0 saturated carbocycles. The lowest BCUT2D eigenvalue weighted by Gasteiger charge is -2.24. The van der Waals surface area contributed by atoms with Gasteiger partial charge in [-0.2, -0.15) is 0 Å². The first kappa shape index (κ1) is 16.5. The molecule has 0 aliphatic rings. The van der Waals surface area contributed by atoms with Gasteiger partial charge in [-0.1, -0.05) is 30.3 Å². The topological polar surface area (TPSA) is 53.7 Å². The Bertz CT molecular complexity index is 780. The van der Waals surface area contributed by atoms with Crippen LogP contribution >= 0.6 is 11.3 Å². The molecule has 2 heterocycles. The summed E-state index contributed by atoms with van der Waals surface area (Å²) in [5.74, 6) is 0.390. The number of carbonyl (C=O) groups is 1. The molecule has 0 saturated heterocycles. The lowest BCUT2D eigenvalue weighted by molar-refractivity contribution is 0.0567. The van der Waals surface area contributed by atoms with Crippen LogP contribution in [0, 0.1) is 6.92 Å². The summed E-state index contributed by atoms with van der Waals surface area (Å²) in [5, 5.41) is 12.3. The quantitative estimate of drug-likeness (QED) is 0.736. The molecule has 3 aromatic rings. The van der Waals surface area contributed by atoms with E-state index in [4.69, 9.17) is 4.42 Å². The van der Waals surface area contributed by atoms with Crippen LogP contribution in [0.3, 0.4) is 0 Å². The minimum absolute atomic E-state index is 0.0723. The highest BCUT2D eigenvalue weighted by atomic mass is 32.1. The van der Waals surface area contributed by atoms with Crippen LogP contribution < -0.4 is 0 Å². The van der Waals surface area contributed by atoms with Gasteiger partial charge in [0.15, 0.2) is 0 Å². The Morgan fingerprint density at radius 1 is 1.21 bits per heavy atom. The predicted molar refractivity (Wildman–Crippen MR) is 93.9 cm³/mol. The zero-order chi connectivity index (χ0) is 16.9. The summed E-state index contributed by atoms with van der Waals surface area (Å²) < 4.78 is 5.26. The Kier molecular flexibility index (Phi) is 5.13. The van der Waals surface area contributed by atoms with E-state index in [9.17, 15) is 9.90 Å². The maximum Gasteiger partial charge on any atom is 0.264 e. The van der Waals surface area contributed by atoms with Gasteiger partial charge < -0.3 is 14.4 Å². The van der Waals surface area contributed by atoms with E-state index in [0.717, 1.165) is 11.1 Å². The molecule has 4 nitrogen and oxygen atoms in total. The molecular weight excluding hydrogens is 322 g/mol. The lowest BCUT2D eigenvalue weighted by atomic mass is 10.1. The predicted octanol–water partition coefficient (Wildman–Crippen LogP) is 4.03. The van der Waals surface area contributed by atoms with E-state index in [0.29, 0.717) is 17.2 Å². The molecule has 3 rings (SSSR count). The molecule has 0 fully saturated rings. The molecule has 1 atom stereocenters. The Morgan fingerprint density at radius 2 is 2.00 bits per heavy atom. The second-order valence-corrected chi connectivity index (χ2v) is 6.55. The number of aryl methyl sites for hydroxylation is 1. The largest absolute Gasteiger partial charge is 0.467 e. The summed E-state index contributed by atoms with van der Waals surface area (Å²) in [4.78, 5) is 15.3. The van der Waals surface area contributed by atoms with Crippen molar-refractivity contribution in [2.45, 2.75) is 19.6 Å². The number of aliphatic hydroxyl groups excluding tert-OH is 1. The first-order chi connectivity index (χ1) is 11.6. The maximum absolute atomic E-state index is 12.9. The van der Waals surface area contributed by atoms with Crippen molar-refractivity contribution in [2.75, 3.05) is 6.54 Å². The molecule has 0 aliphatic carbocycles. The van der Waals surface area contributed by atoms with Crippen LogP contribution in [0.2, 0.25) is 0 Å². The molecule has 1 aromatic carbocycles. The van der Waals surface area contributed by atoms with Crippen LogP contribution in [0.15, 0.2) is 64.6 Å². The van der Waals surface area contributed by atoms with Gasteiger partial charge in [-0.3, -0.25) is 4.79 Å². The number of aliphatic hydroxyl groups is 1. The molecule has 1 unspecified atom stereocenters. The van der Waals surface area contributed by atoms with Crippen molar-refractivity contribution in [2.24, 2.45) is 0 Å². The van der Waals surface area contributed by atoms with E-state index in [1.54, 1.807) is 17.0 Å². The number of carbonyl (C=O) groups excluding carboxylic acids is 1. The first-order valence-corrected chi connectivity index (χ1v) is 8.62. The smallest absolute Gasteiger partial charge is 0.264 e. The Labute approximate surface area is 145 Å². The van der Waals surface area contributed by atoms with Gasteiger partial charge in [0.05, 0.1) is 17.7 Å². The van der Waals surface area contributed by atoms with Gasteiger partial charge in [0, 0.05) is 6.54 Å². The number of furan rings is 1. The van der Waals surface area contributed by atoms with Gasteiger partial charge in [-0.25, -0.2) is 0 Å². The number of rotatable bonds is 6. The van der Waals surface area contributed by atoms with Gasteiger partial charge in [0.2, 0.25) is 0 Å². The van der Waals surface area contributed by atoms with Crippen LogP contribution in [-0.2, 0) is 6.54 Å². The molecule has 0 aliphatic heterocycles. The molecule has 0 spiro atoms. The van der Waals surface area contributed by atoms with Gasteiger partial charge in [-0.15, -0.1) is 11.3 Å². The minimum Gasteiger partial charge on any atom is -0.467 e. The van der Waals surface area contributed by atoms with Crippen molar-refractivity contribution in [1.29, 1.82) is 0 Å². The second kappa shape index (κ2) is 7.47. The van der Waals surface area contributed by atoms with Crippen LogP contribution in [0.25, 0.3) is 0 Å². The van der Waals surface area contributed by atoms with Crippen LogP contribution in [-0.4, -0.2) is 22.5 Å². The van der Waals surface area contributed by atoms with Crippen molar-refractivity contribution >= 4 is 17.2 Å². The number of hydrogen-bond donors (Lipinski definition) is 1. The lowest BCUT2D eigenvalue weighted by Crippen LogP contribution is -2.34. The Balaban J connectivity index is 1.83. The summed E-state index contributed by atoms with van der Waals surface area (Å²) in [6.45, 7) is 2.54. The summed E-state index contributed by atoms with van der Waals surface area (Å²) in [7, 11) is 0. The summed E-state index contributed by atoms with van der Waals surface area (Å²) in [6.07, 6.45) is 0.665. The first-order valence-electron chi connectivity index (χ1n) is 7.74. The number of amides is 1. The molecular formula is C19H19NO3S. The third-order valence-corrected chi connectivity index (χ3v) is 4.83. The highest BCUT2D eigenvalue weighted by Gasteiger charge is 2.23. The van der Waals surface area contributed by atoms with Crippen molar-refractivity contribution in [3.8, 4) is 0 Å². The molecule has 24 heavy (non-hydrogen) atoms. The summed E-state index contributed by atoms with van der Waals surface area (Å²) in [6, 6.07) is 15.1. The van der Waals surface area contributed by atoms with E-state index >= 15 is 0 Å². The number of nitrogens with zero attached hydrogens (tertiary/aromatic N) is 1. The summed E-state index contributed by atoms with van der Waals surface area (Å²) in [5.41, 5.74) is 1.97. The van der Waals surface area contributed by atoms with Crippen molar-refractivity contribution < 1.29 is 14.3 Å². The Hall–Kier alpha value is -2.37. The van der Waals surface area contributed by atoms with Crippen molar-refractivity contribution in [1.82, 2.24) is 4.90 Å². The van der Waals surface area contributed by atoms with Gasteiger partial charge in [0.25, 0.3) is 5.91 Å². The monoisotopic (exact) mass is 341 g/mol. The minimum atomic E-state index is -0.854. The van der Waals surface area contributed by atoms with Crippen molar-refractivity contribution in [3.63, 3.8) is 0 Å². The standard InChI is InChI=1S/C19H19NO3S/c1-14-9-11-24-18(14)19(22)20(12-15-6-3-2-4-7-15)13-16(21)17-8-5-10-23-17/h2-11,16,21H,12-13H2,1H3. The van der Waals surface area contributed by atoms with Gasteiger partial charge >= 0.3 is 0 Å². The molecule has 2 aromatic heterocycles. The van der Waals surface area contributed by atoms with Crippen molar-refractivity contribution in [3.05, 3.63) is 81.9 Å². The fourth-order valence-corrected chi connectivity index (χ4v) is 3.43. The summed E-state index contributed by atoms with van der Waals surface area (Å²) >= 11 is 1.42. The van der Waals surface area contributed by atoms with E-state index in [2.05, 4.69) is 0 Å². The van der Waals surface area contributed by atoms with Gasteiger partial charge in [0.1, 0.15) is 11.9 Å². The average molecular weight is 341 g/mol. The highest BCUT2D eigenvalue weighted by molar-refractivity contribution is 7.12. The van der Waals surface area contributed by atoms with Gasteiger partial charge in [-0.05, 0) is 41.6 Å². The van der Waals surface area contributed by atoms with Crippen LogP contribution in [0.4, 0.5) is 0 Å². The molecule has 0 radical (unpaired) electrons. The number of benzene rings is 1. The average Bonchev–Trinajstić information content (AvgIpc) is 3.26. The maximum atomic E-state index is 12.9. The molecule has 124 valence electrons. The molecule has 5 heteroatoms. The zero-order valence-electron chi connectivity index (χ0n) is 13.4. The van der Waals surface area contributed by atoms with E-state index in [-0.39, 0.29) is 12.5 Å². The number of hydrogen-bond acceptors (Lipinski definition) is 4. The number of thiophene rings is 1. The SMILES string of the molecule is Cc1ccsc1C(=O)N(Cc1ccccc1)CC(O)c1ccco1. The molecule has 1 amide bonds. The zero-order valence-corrected chi connectivity index (χ0v) is 14.2. The normalized spacial score (nSPS) is 12.1. The second-order valence-electron chi connectivity index (χ2n) is 5.64. The third-order valence-electron chi connectivity index (χ3n) is 3.82. The highest BCUT2D eigenvalue weighted by Crippen LogP contribution is 2.22. The van der Waals surface area contributed by atoms with Crippen LogP contribution in [0.1, 0.15) is 32.7 Å². The van der Waals surface area contributed by atoms with E-state index in [1.807, 2.05) is 48.7 Å². The van der Waals surface area contributed by atoms with E-state index < -0.39 is 6.10 Å². The third kappa shape index (κ3) is 3.75. The van der Waals surface area contributed by atoms with E-state index in [1.165, 1.54) is 17.6 Å². The fraction of sp³-hybridized carbons (Fsp3) is 0.211. The molecule has 1 N–H and O–H groups in total. The molecule has 0 bridgehead atoms. The Morgan fingerprint density at radius 3 is 2.62 bits per heavy atom. The fourth-order valence-electron chi connectivity index (χ4n) is 2.54. The van der Waals surface area contributed by atoms with Crippen LogP contribution in [0.5, 0.6) is 0 Å².